The van der Waals surface area contributed by atoms with E-state index < -0.39 is 15.8 Å². The Labute approximate surface area is 347 Å². The Hall–Kier alpha value is -3.35. The Morgan fingerprint density at radius 3 is 1.53 bits per heavy atom. The first-order valence-electron chi connectivity index (χ1n) is 18.2. The van der Waals surface area contributed by atoms with Gasteiger partial charge >= 0.3 is 24.1 Å². The second kappa shape index (κ2) is 19.2. The molecular formula is C48H39BClFeNOP2+2. The van der Waals surface area contributed by atoms with E-state index >= 15 is 0 Å². The Morgan fingerprint density at radius 1 is 0.527 bits per heavy atom. The summed E-state index contributed by atoms with van der Waals surface area (Å²) >= 11 is 6.21. The molecule has 2 nitrogen and oxygen atoms in total. The topological polar surface area (TPSA) is 12.5 Å². The van der Waals surface area contributed by atoms with Crippen molar-refractivity contribution in [2.24, 2.45) is 0 Å². The monoisotopic (exact) mass is 809 g/mol. The van der Waals surface area contributed by atoms with Crippen LogP contribution in [-0.2, 0) is 17.1 Å². The van der Waals surface area contributed by atoms with Gasteiger partial charge in [0.2, 0.25) is 0 Å². The third-order valence-corrected chi connectivity index (χ3v) is 14.9. The molecule has 0 aromatic heterocycles. The van der Waals surface area contributed by atoms with Crippen molar-refractivity contribution in [3.8, 4) is 5.75 Å². The van der Waals surface area contributed by atoms with Gasteiger partial charge in [-0.15, -0.1) is 0 Å². The first-order chi connectivity index (χ1) is 26.7. The van der Waals surface area contributed by atoms with Crippen molar-refractivity contribution in [3.05, 3.63) is 237 Å². The summed E-state index contributed by atoms with van der Waals surface area (Å²) in [6, 6.07) is 59.7. The SMILES string of the molecule is C[C@@H]([C]1[CH][CH][CH][C]1P(c1ccccc1)c1ccccc1)N1B(c2ccc(Cl)cc2)Oc2ccccc21.[CH]1[CH][CH][C](P(c2ccccc2)c2ccccc2)[CH]1.[Fe+2]. The van der Waals surface area contributed by atoms with Crippen LogP contribution in [0.2, 0.25) is 5.02 Å². The Balaban J connectivity index is 0.000000206. The van der Waals surface area contributed by atoms with Crippen molar-refractivity contribution >= 4 is 66.9 Å². The van der Waals surface area contributed by atoms with Gasteiger partial charge in [0.25, 0.3) is 0 Å². The number of fused-ring (bicyclic) bond motifs is 1. The van der Waals surface area contributed by atoms with E-state index in [1.54, 1.807) is 0 Å². The first kappa shape index (κ1) is 39.9. The van der Waals surface area contributed by atoms with Crippen LogP contribution in [0.3, 0.4) is 0 Å². The predicted molar refractivity (Wildman–Crippen MR) is 234 cm³/mol. The molecule has 9 rings (SSSR count). The van der Waals surface area contributed by atoms with E-state index in [0.29, 0.717) is 0 Å². The van der Waals surface area contributed by atoms with Crippen LogP contribution < -0.4 is 36.1 Å². The number of nitrogens with zero attached hydrogens (tertiary/aromatic N) is 1. The summed E-state index contributed by atoms with van der Waals surface area (Å²) in [7, 11) is -1.34. The number of rotatable bonds is 9. The normalized spacial score (nSPS) is 16.4. The molecule has 2 saturated carbocycles. The number of hydrogen-bond donors (Lipinski definition) is 0. The van der Waals surface area contributed by atoms with E-state index in [4.69, 9.17) is 16.3 Å². The van der Waals surface area contributed by atoms with Gasteiger partial charge in [-0.1, -0.05) is 157 Å². The second-order valence-electron chi connectivity index (χ2n) is 13.1. The number of benzene rings is 6. The van der Waals surface area contributed by atoms with E-state index in [-0.39, 0.29) is 30.2 Å². The van der Waals surface area contributed by atoms with Crippen LogP contribution in [0.5, 0.6) is 5.75 Å². The molecule has 6 aromatic rings. The van der Waals surface area contributed by atoms with Crippen LogP contribution in [0.25, 0.3) is 0 Å². The van der Waals surface area contributed by atoms with Gasteiger partial charge in [-0.25, -0.2) is 0 Å². The van der Waals surface area contributed by atoms with E-state index in [2.05, 4.69) is 208 Å². The fourth-order valence-electron chi connectivity index (χ4n) is 7.17. The molecule has 6 aromatic carbocycles. The van der Waals surface area contributed by atoms with Gasteiger partial charge < -0.3 is 9.47 Å². The Bertz CT molecular complexity index is 1980. The summed E-state index contributed by atoms with van der Waals surface area (Å²) in [5.41, 5.74) is 5.00. The standard InChI is InChI=1S/C31H25BClNOP.C17H14P.Fe/c1-23(34-29-16-8-9-17-30(29)35-32(34)24-19-21-25(33)22-20-24)28-15-10-18-31(28)36(26-11-4-2-5-12-26)27-13-6-3-7-14-27;1-3-9-15(10-4-1)18(17-13-7-8-14-17)16-11-5-2-6-12-16;/h2-23H,1H3;1-14H;/q;;+2/t23-;;/m0../s1. The molecule has 0 N–H and O–H groups in total. The molecule has 0 amide bonds. The van der Waals surface area contributed by atoms with Gasteiger partial charge in [0.05, 0.1) is 5.69 Å². The number of anilines is 1. The van der Waals surface area contributed by atoms with E-state index in [9.17, 15) is 0 Å². The molecule has 0 spiro atoms. The van der Waals surface area contributed by atoms with Crippen LogP contribution >= 0.6 is 27.4 Å². The Kier molecular flexibility index (Phi) is 13.9. The third-order valence-electron chi connectivity index (χ3n) is 9.68. The van der Waals surface area contributed by atoms with E-state index in [1.165, 1.54) is 38.5 Å². The summed E-state index contributed by atoms with van der Waals surface area (Å²) in [4.78, 5) is 2.40. The molecule has 0 bridgehead atoms. The molecule has 1 atom stereocenters. The number of para-hydroxylation sites is 2. The average molecular weight is 810 g/mol. The maximum atomic E-state index is 6.52. The first-order valence-corrected chi connectivity index (χ1v) is 21.3. The van der Waals surface area contributed by atoms with Crippen LogP contribution in [0.1, 0.15) is 6.92 Å². The van der Waals surface area contributed by atoms with Crippen LogP contribution in [0.4, 0.5) is 5.69 Å². The van der Waals surface area contributed by atoms with Gasteiger partial charge in [0.15, 0.2) is 0 Å². The molecule has 1 aliphatic heterocycles. The Morgan fingerprint density at radius 2 is 1.00 bits per heavy atom. The minimum absolute atomic E-state index is 0. The fraction of sp³-hybridized carbons (Fsp3) is 0.0417. The minimum atomic E-state index is -0.702. The van der Waals surface area contributed by atoms with Crippen molar-refractivity contribution in [1.82, 2.24) is 0 Å². The van der Waals surface area contributed by atoms with Crippen molar-refractivity contribution in [2.75, 3.05) is 4.81 Å². The quantitative estimate of drug-likeness (QED) is 0.107. The maximum absolute atomic E-state index is 6.52. The number of halogens is 1. The van der Waals surface area contributed by atoms with E-state index in [1.807, 2.05) is 18.2 Å². The fourth-order valence-corrected chi connectivity index (χ4v) is 12.1. The number of hydrogen-bond acceptors (Lipinski definition) is 2. The van der Waals surface area contributed by atoms with E-state index in [0.717, 1.165) is 21.9 Å². The summed E-state index contributed by atoms with van der Waals surface area (Å²) in [5, 5.41) is 6.25. The largest absolute Gasteiger partial charge is 2.00 e. The summed E-state index contributed by atoms with van der Waals surface area (Å²) in [6.45, 7) is 2.29. The molecule has 2 fully saturated rings. The smallest absolute Gasteiger partial charge is 0.536 e. The van der Waals surface area contributed by atoms with Gasteiger partial charge in [0, 0.05) is 28.3 Å². The van der Waals surface area contributed by atoms with Crippen molar-refractivity contribution in [1.29, 1.82) is 0 Å². The predicted octanol–water partition coefficient (Wildman–Crippen LogP) is 9.67. The average Bonchev–Trinajstić information content (AvgIpc) is 4.02. The zero-order chi connectivity index (χ0) is 36.7. The zero-order valence-electron chi connectivity index (χ0n) is 30.3. The van der Waals surface area contributed by atoms with Crippen molar-refractivity contribution < 1.29 is 21.7 Å². The molecule has 2 aliphatic carbocycles. The molecule has 0 unspecified atom stereocenters. The minimum Gasteiger partial charge on any atom is -0.536 e. The summed E-state index contributed by atoms with van der Waals surface area (Å²) < 4.78 is 6.52. The molecule has 268 valence electrons. The van der Waals surface area contributed by atoms with Crippen LogP contribution in [0, 0.1) is 62.2 Å². The molecular weight excluding hydrogens is 771 g/mol. The van der Waals surface area contributed by atoms with Gasteiger partial charge in [-0.05, 0) is 119 Å². The van der Waals surface area contributed by atoms with Gasteiger partial charge in [-0.3, -0.25) is 0 Å². The van der Waals surface area contributed by atoms with Gasteiger partial charge in [-0.2, -0.15) is 0 Å². The third kappa shape index (κ3) is 9.12. The molecule has 10 radical (unpaired) electrons. The molecule has 7 heteroatoms. The van der Waals surface area contributed by atoms with Crippen molar-refractivity contribution in [2.45, 2.75) is 13.0 Å². The summed E-state index contributed by atoms with van der Waals surface area (Å²) in [6.07, 6.45) is 15.5. The molecule has 55 heavy (non-hydrogen) atoms. The zero-order valence-corrected chi connectivity index (χ0v) is 34.0. The molecule has 3 aliphatic rings. The van der Waals surface area contributed by atoms with Crippen LogP contribution in [-0.4, -0.2) is 13.1 Å². The van der Waals surface area contributed by atoms with Crippen LogP contribution in [0.15, 0.2) is 170 Å². The second-order valence-corrected chi connectivity index (χ2v) is 17.9. The summed E-state index contributed by atoms with van der Waals surface area (Å²) in [5.74, 6) is 2.24. The van der Waals surface area contributed by atoms with Gasteiger partial charge in [0.1, 0.15) is 5.75 Å². The van der Waals surface area contributed by atoms with Crippen molar-refractivity contribution in [3.63, 3.8) is 0 Å². The molecule has 1 heterocycles. The molecule has 0 saturated heterocycles. The maximum Gasteiger partial charge on any atom is 2.00 e.